The van der Waals surface area contributed by atoms with Crippen LogP contribution in [0.1, 0.15) is 6.92 Å². The third-order valence-electron chi connectivity index (χ3n) is 5.24. The molecule has 1 aromatic carbocycles. The minimum Gasteiger partial charge on any atom is -0.497 e. The van der Waals surface area contributed by atoms with Crippen molar-refractivity contribution in [3.05, 3.63) is 24.3 Å². The first-order valence-corrected chi connectivity index (χ1v) is 9.55. The highest BCUT2D eigenvalue weighted by molar-refractivity contribution is 5.31. The summed E-state index contributed by atoms with van der Waals surface area (Å²) < 4.78 is 27.4. The van der Waals surface area contributed by atoms with E-state index in [4.69, 9.17) is 23.7 Å². The molecule has 0 saturated carbocycles. The second-order valence-corrected chi connectivity index (χ2v) is 7.28. The Kier molecular flexibility index (Phi) is 7.50. The summed E-state index contributed by atoms with van der Waals surface area (Å²) in [5.41, 5.74) is 0. The topological polar surface area (TPSA) is 168 Å². The van der Waals surface area contributed by atoms with E-state index in [9.17, 15) is 30.6 Å². The predicted molar refractivity (Wildman–Crippen MR) is 98.6 cm³/mol. The molecule has 11 nitrogen and oxygen atoms in total. The molecule has 0 aromatic heterocycles. The van der Waals surface area contributed by atoms with Crippen LogP contribution in [0.3, 0.4) is 0 Å². The average molecular weight is 432 g/mol. The molecule has 2 saturated heterocycles. The maximum atomic E-state index is 10.5. The van der Waals surface area contributed by atoms with Gasteiger partial charge in [-0.25, -0.2) is 0 Å². The van der Waals surface area contributed by atoms with Crippen molar-refractivity contribution in [2.45, 2.75) is 68.3 Å². The van der Waals surface area contributed by atoms with E-state index >= 15 is 0 Å². The van der Waals surface area contributed by atoms with Gasteiger partial charge >= 0.3 is 0 Å². The molecule has 11 heteroatoms. The summed E-state index contributed by atoms with van der Waals surface area (Å²) >= 11 is 0. The van der Waals surface area contributed by atoms with Crippen molar-refractivity contribution in [3.63, 3.8) is 0 Å². The van der Waals surface area contributed by atoms with Crippen LogP contribution in [0.4, 0.5) is 0 Å². The second-order valence-electron chi connectivity index (χ2n) is 7.28. The summed E-state index contributed by atoms with van der Waals surface area (Å²) in [6.07, 6.45) is -13.8. The van der Waals surface area contributed by atoms with Gasteiger partial charge in [-0.15, -0.1) is 0 Å². The van der Waals surface area contributed by atoms with Gasteiger partial charge in [-0.1, -0.05) is 0 Å². The van der Waals surface area contributed by atoms with Crippen LogP contribution < -0.4 is 9.47 Å². The summed E-state index contributed by atoms with van der Waals surface area (Å²) in [5, 5.41) is 60.1. The number of aliphatic hydroxyl groups excluding tert-OH is 6. The van der Waals surface area contributed by atoms with Crippen molar-refractivity contribution in [3.8, 4) is 11.5 Å². The van der Waals surface area contributed by atoms with Gasteiger partial charge in [0.05, 0.1) is 19.8 Å². The maximum Gasteiger partial charge on any atom is 0.229 e. The number of hydrogen-bond donors (Lipinski definition) is 6. The van der Waals surface area contributed by atoms with Crippen LogP contribution in [0, 0.1) is 0 Å². The molecule has 170 valence electrons. The third kappa shape index (κ3) is 4.69. The van der Waals surface area contributed by atoms with Gasteiger partial charge in [0, 0.05) is 0 Å². The van der Waals surface area contributed by atoms with Gasteiger partial charge in [0.2, 0.25) is 6.29 Å². The van der Waals surface area contributed by atoms with Gasteiger partial charge in [-0.2, -0.15) is 0 Å². The fourth-order valence-electron chi connectivity index (χ4n) is 3.37. The van der Waals surface area contributed by atoms with E-state index in [1.54, 1.807) is 31.2 Å². The molecule has 2 fully saturated rings. The van der Waals surface area contributed by atoms with Crippen molar-refractivity contribution in [1.29, 1.82) is 0 Å². The van der Waals surface area contributed by atoms with E-state index < -0.39 is 68.0 Å². The summed E-state index contributed by atoms with van der Waals surface area (Å²) in [6.45, 7) is 0.905. The first-order chi connectivity index (χ1) is 14.3. The summed E-state index contributed by atoms with van der Waals surface area (Å²) in [5.74, 6) is 0.962. The summed E-state index contributed by atoms with van der Waals surface area (Å²) in [4.78, 5) is 0. The van der Waals surface area contributed by atoms with Crippen LogP contribution >= 0.6 is 0 Å². The second kappa shape index (κ2) is 9.73. The first-order valence-electron chi connectivity index (χ1n) is 9.55. The van der Waals surface area contributed by atoms with Gasteiger partial charge in [0.1, 0.15) is 48.1 Å². The quantitative estimate of drug-likeness (QED) is 0.287. The van der Waals surface area contributed by atoms with Crippen molar-refractivity contribution in [2.24, 2.45) is 0 Å². The number of aliphatic hydroxyl groups is 6. The molecule has 0 unspecified atom stereocenters. The molecular formula is C19H28O11. The van der Waals surface area contributed by atoms with E-state index in [1.165, 1.54) is 7.11 Å². The molecule has 30 heavy (non-hydrogen) atoms. The molecule has 0 aliphatic carbocycles. The van der Waals surface area contributed by atoms with Crippen LogP contribution in [-0.4, -0.2) is 106 Å². The molecule has 2 heterocycles. The lowest BCUT2D eigenvalue weighted by Gasteiger charge is -2.45. The Morgan fingerprint density at radius 3 is 2.03 bits per heavy atom. The SMILES string of the molecule is COc1ccc(O[C@@H]2O[C@@H](C)[C@H](O)[C@@H](O)[C@H]2O[C@H]2O[C@H](CO)[C@@H](O)[C@H](O)[C@H]2O)cc1. The number of ether oxygens (including phenoxy) is 5. The Morgan fingerprint density at radius 1 is 0.800 bits per heavy atom. The van der Waals surface area contributed by atoms with E-state index in [0.717, 1.165) is 0 Å². The molecule has 3 rings (SSSR count). The first kappa shape index (κ1) is 23.1. The molecule has 1 aromatic rings. The van der Waals surface area contributed by atoms with Crippen LogP contribution in [0.2, 0.25) is 0 Å². The van der Waals surface area contributed by atoms with Gasteiger partial charge in [0.15, 0.2) is 12.4 Å². The molecule has 0 spiro atoms. The highest BCUT2D eigenvalue weighted by Gasteiger charge is 2.50. The fourth-order valence-corrected chi connectivity index (χ4v) is 3.37. The zero-order valence-electron chi connectivity index (χ0n) is 16.5. The lowest BCUT2D eigenvalue weighted by atomic mass is 9.97. The molecule has 6 N–H and O–H groups in total. The minimum absolute atomic E-state index is 0.360. The molecule has 0 amide bonds. The van der Waals surface area contributed by atoms with Crippen LogP contribution in [-0.2, 0) is 14.2 Å². The molecule has 2 aliphatic rings. The Balaban J connectivity index is 1.78. The summed E-state index contributed by atoms with van der Waals surface area (Å²) in [6, 6.07) is 6.52. The normalized spacial score (nSPS) is 42.0. The zero-order chi connectivity index (χ0) is 22.0. The fraction of sp³-hybridized carbons (Fsp3) is 0.684. The number of hydrogen-bond acceptors (Lipinski definition) is 11. The molecule has 10 atom stereocenters. The molecular weight excluding hydrogens is 404 g/mol. The predicted octanol–water partition coefficient (Wildman–Crippen LogP) is -2.27. The summed E-state index contributed by atoms with van der Waals surface area (Å²) in [7, 11) is 1.52. The molecule has 2 aliphatic heterocycles. The van der Waals surface area contributed by atoms with E-state index in [0.29, 0.717) is 11.5 Å². The van der Waals surface area contributed by atoms with Gasteiger partial charge < -0.3 is 54.3 Å². The highest BCUT2D eigenvalue weighted by atomic mass is 16.8. The zero-order valence-corrected chi connectivity index (χ0v) is 16.5. The van der Waals surface area contributed by atoms with Crippen LogP contribution in [0.15, 0.2) is 24.3 Å². The average Bonchev–Trinajstić information content (AvgIpc) is 2.75. The van der Waals surface area contributed by atoms with Crippen LogP contribution in [0.5, 0.6) is 11.5 Å². The van der Waals surface area contributed by atoms with Crippen molar-refractivity contribution in [2.75, 3.05) is 13.7 Å². The Labute approximate surface area is 172 Å². The Morgan fingerprint density at radius 2 is 1.43 bits per heavy atom. The largest absolute Gasteiger partial charge is 0.497 e. The van der Waals surface area contributed by atoms with Gasteiger partial charge in [-0.3, -0.25) is 0 Å². The monoisotopic (exact) mass is 432 g/mol. The molecule has 0 bridgehead atoms. The van der Waals surface area contributed by atoms with Crippen molar-refractivity contribution < 1.29 is 54.3 Å². The maximum absolute atomic E-state index is 10.5. The number of rotatable bonds is 6. The Bertz CT molecular complexity index is 669. The lowest BCUT2D eigenvalue weighted by molar-refractivity contribution is -0.355. The smallest absolute Gasteiger partial charge is 0.229 e. The van der Waals surface area contributed by atoms with Crippen molar-refractivity contribution in [1.82, 2.24) is 0 Å². The van der Waals surface area contributed by atoms with E-state index in [-0.39, 0.29) is 0 Å². The van der Waals surface area contributed by atoms with Gasteiger partial charge in [0.25, 0.3) is 0 Å². The molecule has 0 radical (unpaired) electrons. The third-order valence-corrected chi connectivity index (χ3v) is 5.24. The number of methoxy groups -OCH3 is 1. The van der Waals surface area contributed by atoms with Gasteiger partial charge in [-0.05, 0) is 31.2 Å². The Hall–Kier alpha value is -1.54. The highest BCUT2D eigenvalue weighted by Crippen LogP contribution is 2.30. The standard InChI is InChI=1S/C19H28O11/c1-8-12(21)15(24)17(19(27-8)28-10-5-3-9(26-2)4-6-10)30-18-16(25)14(23)13(22)11(7-20)29-18/h3-6,8,11-25H,7H2,1-2H3/t8-,11+,12-,13+,14-,15+,16+,17+,18+,19-/m0/s1. The van der Waals surface area contributed by atoms with E-state index in [1.807, 2.05) is 0 Å². The number of benzene rings is 1. The van der Waals surface area contributed by atoms with Crippen molar-refractivity contribution >= 4 is 0 Å². The van der Waals surface area contributed by atoms with E-state index in [2.05, 4.69) is 0 Å². The minimum atomic E-state index is -1.69. The van der Waals surface area contributed by atoms with Crippen LogP contribution in [0.25, 0.3) is 0 Å². The lowest BCUT2D eigenvalue weighted by Crippen LogP contribution is -2.64.